The Balaban J connectivity index is 1.66. The highest BCUT2D eigenvalue weighted by atomic mass is 19.1. The first-order valence-corrected chi connectivity index (χ1v) is 9.00. The highest BCUT2D eigenvalue weighted by Crippen LogP contribution is 2.21. The molecule has 0 bridgehead atoms. The van der Waals surface area contributed by atoms with Crippen molar-refractivity contribution in [2.45, 2.75) is 32.9 Å². The molecule has 0 spiro atoms. The molecule has 0 aliphatic carbocycles. The molecular weight excluding hydrogens is 363 g/mol. The number of rotatable bonds is 5. The minimum Gasteiger partial charge on any atom is -0.463 e. The van der Waals surface area contributed by atoms with Gasteiger partial charge in [0.2, 0.25) is 5.91 Å². The van der Waals surface area contributed by atoms with Gasteiger partial charge in [-0.2, -0.15) is 5.10 Å². The van der Waals surface area contributed by atoms with Crippen molar-refractivity contribution >= 4 is 22.5 Å². The predicted octanol–water partition coefficient (Wildman–Crippen LogP) is 2.96. The highest BCUT2D eigenvalue weighted by Gasteiger charge is 2.23. The first-order chi connectivity index (χ1) is 13.5. The molecule has 0 saturated heterocycles. The lowest BCUT2D eigenvalue weighted by Gasteiger charge is -2.18. The van der Waals surface area contributed by atoms with Crippen LogP contribution in [0.4, 0.5) is 4.39 Å². The van der Waals surface area contributed by atoms with E-state index < -0.39 is 6.04 Å². The third-order valence-electron chi connectivity index (χ3n) is 4.79. The zero-order chi connectivity index (χ0) is 19.8. The fourth-order valence-electron chi connectivity index (χ4n) is 3.38. The fourth-order valence-corrected chi connectivity index (χ4v) is 3.38. The maximum absolute atomic E-state index is 13.0. The van der Waals surface area contributed by atoms with Gasteiger partial charge >= 0.3 is 0 Å². The normalized spacial score (nSPS) is 12.5. The third kappa shape index (κ3) is 2.96. The molecule has 0 aliphatic heterocycles. The van der Waals surface area contributed by atoms with Crippen LogP contribution in [0.5, 0.6) is 0 Å². The number of aryl methyl sites for hydroxylation is 1. The Hall–Kier alpha value is -3.42. The summed E-state index contributed by atoms with van der Waals surface area (Å²) >= 11 is 0. The monoisotopic (exact) mass is 382 g/mol. The van der Waals surface area contributed by atoms with Crippen molar-refractivity contribution in [3.63, 3.8) is 0 Å². The molecule has 0 aliphatic rings. The lowest BCUT2D eigenvalue weighted by atomic mass is 10.2. The van der Waals surface area contributed by atoms with Crippen LogP contribution in [0.1, 0.15) is 30.8 Å². The van der Waals surface area contributed by atoms with Gasteiger partial charge in [0.05, 0.1) is 11.8 Å². The van der Waals surface area contributed by atoms with Gasteiger partial charge in [0, 0.05) is 18.7 Å². The SMILES string of the molecule is CC[C@@H](C(=O)NCc1ccc(F)cc1)n1nc(C)n2c(cc3occc32)c1=O. The number of benzene rings is 1. The van der Waals surface area contributed by atoms with E-state index in [1.165, 1.54) is 16.8 Å². The molecule has 7 nitrogen and oxygen atoms in total. The molecule has 8 heteroatoms. The summed E-state index contributed by atoms with van der Waals surface area (Å²) in [7, 11) is 0. The number of halogens is 1. The molecule has 0 unspecified atom stereocenters. The number of amides is 1. The topological polar surface area (TPSA) is 81.5 Å². The van der Waals surface area contributed by atoms with Crippen molar-refractivity contribution in [3.05, 3.63) is 70.2 Å². The minimum absolute atomic E-state index is 0.240. The van der Waals surface area contributed by atoms with Crippen LogP contribution in [0.25, 0.3) is 16.6 Å². The number of hydrogen-bond acceptors (Lipinski definition) is 4. The smallest absolute Gasteiger partial charge is 0.291 e. The number of nitrogens with zero attached hydrogens (tertiary/aromatic N) is 3. The third-order valence-corrected chi connectivity index (χ3v) is 4.79. The Morgan fingerprint density at radius 3 is 2.71 bits per heavy atom. The summed E-state index contributed by atoms with van der Waals surface area (Å²) in [5.41, 5.74) is 2.17. The summed E-state index contributed by atoms with van der Waals surface area (Å²) < 4.78 is 21.3. The van der Waals surface area contributed by atoms with Gasteiger partial charge in [0.1, 0.15) is 23.2 Å². The summed E-state index contributed by atoms with van der Waals surface area (Å²) in [5.74, 6) is -0.0739. The average molecular weight is 382 g/mol. The second kappa shape index (κ2) is 6.95. The molecular formula is C20H19FN4O3. The number of carbonyl (C=O) groups is 1. The molecule has 28 heavy (non-hydrogen) atoms. The highest BCUT2D eigenvalue weighted by molar-refractivity contribution is 5.83. The molecule has 4 rings (SSSR count). The minimum atomic E-state index is -0.752. The van der Waals surface area contributed by atoms with Crippen molar-refractivity contribution in [1.29, 1.82) is 0 Å². The van der Waals surface area contributed by atoms with Crippen molar-refractivity contribution in [2.24, 2.45) is 0 Å². The van der Waals surface area contributed by atoms with E-state index in [1.54, 1.807) is 41.9 Å². The number of nitrogens with one attached hydrogen (secondary N) is 1. The largest absolute Gasteiger partial charge is 0.463 e. The van der Waals surface area contributed by atoms with Crippen LogP contribution in [-0.2, 0) is 11.3 Å². The predicted molar refractivity (Wildman–Crippen MR) is 102 cm³/mol. The van der Waals surface area contributed by atoms with Gasteiger partial charge in [-0.05, 0) is 31.0 Å². The van der Waals surface area contributed by atoms with Gasteiger partial charge in [-0.25, -0.2) is 9.07 Å². The number of furan rings is 1. The van der Waals surface area contributed by atoms with Crippen LogP contribution >= 0.6 is 0 Å². The molecule has 4 aromatic rings. The van der Waals surface area contributed by atoms with Gasteiger partial charge in [0.25, 0.3) is 5.56 Å². The Morgan fingerprint density at radius 1 is 1.25 bits per heavy atom. The van der Waals surface area contributed by atoms with Gasteiger partial charge in [-0.1, -0.05) is 19.1 Å². The summed E-state index contributed by atoms with van der Waals surface area (Å²) in [4.78, 5) is 25.7. The van der Waals surface area contributed by atoms with Crippen LogP contribution in [0.15, 0.2) is 51.9 Å². The molecule has 1 atom stereocenters. The standard InChI is InChI=1S/C20H19FN4O3/c1-3-15(19(26)22-11-13-4-6-14(21)7-5-13)25-20(27)17-10-18-16(8-9-28-18)24(17)12(2)23-25/h4-10,15H,3,11H2,1-2H3,(H,22,26)/t15-/m0/s1. The Morgan fingerprint density at radius 2 is 2.00 bits per heavy atom. The molecule has 144 valence electrons. The molecule has 0 saturated carbocycles. The van der Waals surface area contributed by atoms with Crippen molar-refractivity contribution in [2.75, 3.05) is 0 Å². The van der Waals surface area contributed by atoms with Crippen LogP contribution in [0, 0.1) is 12.7 Å². The first kappa shape index (κ1) is 18.0. The fraction of sp³-hybridized carbons (Fsp3) is 0.250. The van der Waals surface area contributed by atoms with Gasteiger partial charge in [-0.15, -0.1) is 0 Å². The number of carbonyl (C=O) groups excluding carboxylic acids is 1. The van der Waals surface area contributed by atoms with E-state index >= 15 is 0 Å². The van der Waals surface area contributed by atoms with E-state index in [0.29, 0.717) is 23.3 Å². The van der Waals surface area contributed by atoms with E-state index in [9.17, 15) is 14.0 Å². The maximum Gasteiger partial charge on any atom is 0.291 e. The van der Waals surface area contributed by atoms with E-state index in [-0.39, 0.29) is 23.8 Å². The quantitative estimate of drug-likeness (QED) is 0.575. The maximum atomic E-state index is 13.0. The molecule has 1 aromatic carbocycles. The van der Waals surface area contributed by atoms with Crippen molar-refractivity contribution in [3.8, 4) is 0 Å². The lowest BCUT2D eigenvalue weighted by Crippen LogP contribution is -2.39. The number of hydrogen-bond donors (Lipinski definition) is 1. The van der Waals surface area contributed by atoms with Gasteiger partial charge in [-0.3, -0.25) is 14.0 Å². The summed E-state index contributed by atoms with van der Waals surface area (Å²) in [5, 5.41) is 7.17. The lowest BCUT2D eigenvalue weighted by molar-refractivity contribution is -0.125. The Bertz CT molecular complexity index is 1220. The molecule has 0 radical (unpaired) electrons. The van der Waals surface area contributed by atoms with Crippen LogP contribution in [0.3, 0.4) is 0 Å². The number of aromatic nitrogens is 3. The second-order valence-corrected chi connectivity index (χ2v) is 6.60. The van der Waals surface area contributed by atoms with Crippen LogP contribution < -0.4 is 10.9 Å². The summed E-state index contributed by atoms with van der Waals surface area (Å²) in [6.07, 6.45) is 1.95. The number of fused-ring (bicyclic) bond motifs is 3. The van der Waals surface area contributed by atoms with E-state index in [0.717, 1.165) is 11.1 Å². The van der Waals surface area contributed by atoms with E-state index in [1.807, 2.05) is 6.92 Å². The van der Waals surface area contributed by atoms with E-state index in [2.05, 4.69) is 10.4 Å². The summed E-state index contributed by atoms with van der Waals surface area (Å²) in [6, 6.07) is 8.56. The molecule has 3 heterocycles. The van der Waals surface area contributed by atoms with Crippen molar-refractivity contribution in [1.82, 2.24) is 19.5 Å². The van der Waals surface area contributed by atoms with E-state index in [4.69, 9.17) is 4.42 Å². The average Bonchev–Trinajstić information content (AvgIpc) is 3.27. The molecule has 1 N–H and O–H groups in total. The molecule has 3 aromatic heterocycles. The molecule has 1 amide bonds. The Kier molecular flexibility index (Phi) is 4.46. The van der Waals surface area contributed by atoms with Gasteiger partial charge in [0.15, 0.2) is 5.58 Å². The Labute approximate surface area is 159 Å². The zero-order valence-electron chi connectivity index (χ0n) is 15.5. The van der Waals surface area contributed by atoms with Crippen LogP contribution in [0.2, 0.25) is 0 Å². The van der Waals surface area contributed by atoms with Gasteiger partial charge < -0.3 is 9.73 Å². The van der Waals surface area contributed by atoms with Crippen LogP contribution in [-0.4, -0.2) is 20.1 Å². The zero-order valence-corrected chi connectivity index (χ0v) is 15.5. The summed E-state index contributed by atoms with van der Waals surface area (Å²) in [6.45, 7) is 3.84. The van der Waals surface area contributed by atoms with Crippen molar-refractivity contribution < 1.29 is 13.6 Å². The second-order valence-electron chi connectivity index (χ2n) is 6.60. The first-order valence-electron chi connectivity index (χ1n) is 9.00. The molecule has 0 fully saturated rings.